The SMILES string of the molecule is CCC1CC(NCC2CC2)CN(C(C)C)C1. The van der Waals surface area contributed by atoms with E-state index in [1.165, 1.54) is 45.3 Å². The minimum Gasteiger partial charge on any atom is -0.312 e. The molecule has 0 radical (unpaired) electrons. The Morgan fingerprint density at radius 1 is 1.19 bits per heavy atom. The van der Waals surface area contributed by atoms with Crippen molar-refractivity contribution in [2.75, 3.05) is 19.6 Å². The largest absolute Gasteiger partial charge is 0.312 e. The van der Waals surface area contributed by atoms with Gasteiger partial charge in [0.15, 0.2) is 0 Å². The van der Waals surface area contributed by atoms with Gasteiger partial charge in [-0.3, -0.25) is 4.90 Å². The summed E-state index contributed by atoms with van der Waals surface area (Å²) < 4.78 is 0. The van der Waals surface area contributed by atoms with Crippen LogP contribution in [0.2, 0.25) is 0 Å². The van der Waals surface area contributed by atoms with Gasteiger partial charge in [-0.05, 0) is 51.5 Å². The Kier molecular flexibility index (Phi) is 4.26. The lowest BCUT2D eigenvalue weighted by Crippen LogP contribution is -2.51. The standard InChI is InChI=1S/C14H28N2/c1-4-12-7-14(15-8-13-5-6-13)10-16(9-12)11(2)3/h11-15H,4-10H2,1-3H3. The van der Waals surface area contributed by atoms with Gasteiger partial charge in [0.1, 0.15) is 0 Å². The maximum absolute atomic E-state index is 3.79. The Morgan fingerprint density at radius 3 is 2.50 bits per heavy atom. The minimum atomic E-state index is 0.708. The van der Waals surface area contributed by atoms with Crippen molar-refractivity contribution in [1.82, 2.24) is 10.2 Å². The summed E-state index contributed by atoms with van der Waals surface area (Å²) in [6.45, 7) is 10.8. The van der Waals surface area contributed by atoms with Crippen LogP contribution >= 0.6 is 0 Å². The van der Waals surface area contributed by atoms with Gasteiger partial charge in [0.25, 0.3) is 0 Å². The summed E-state index contributed by atoms with van der Waals surface area (Å²) in [6.07, 6.45) is 5.66. The van der Waals surface area contributed by atoms with Crippen molar-refractivity contribution >= 4 is 0 Å². The number of piperidine rings is 1. The molecular formula is C14H28N2. The zero-order valence-electron chi connectivity index (χ0n) is 11.2. The predicted molar refractivity (Wildman–Crippen MR) is 69.6 cm³/mol. The molecule has 0 amide bonds. The fourth-order valence-corrected chi connectivity index (χ4v) is 2.76. The van der Waals surface area contributed by atoms with E-state index < -0.39 is 0 Å². The molecule has 2 rings (SSSR count). The number of nitrogens with one attached hydrogen (secondary N) is 1. The molecule has 0 bridgehead atoms. The zero-order valence-corrected chi connectivity index (χ0v) is 11.2. The van der Waals surface area contributed by atoms with Crippen molar-refractivity contribution in [2.45, 2.75) is 58.5 Å². The zero-order chi connectivity index (χ0) is 11.5. The molecule has 0 spiro atoms. The van der Waals surface area contributed by atoms with E-state index in [1.54, 1.807) is 0 Å². The fourth-order valence-electron chi connectivity index (χ4n) is 2.76. The second-order valence-corrected chi connectivity index (χ2v) is 6.11. The average molecular weight is 224 g/mol. The number of hydrogen-bond donors (Lipinski definition) is 1. The summed E-state index contributed by atoms with van der Waals surface area (Å²) in [6, 6.07) is 1.46. The van der Waals surface area contributed by atoms with E-state index in [2.05, 4.69) is 31.0 Å². The van der Waals surface area contributed by atoms with Gasteiger partial charge in [0.2, 0.25) is 0 Å². The van der Waals surface area contributed by atoms with Crippen LogP contribution in [0.3, 0.4) is 0 Å². The third-order valence-corrected chi connectivity index (χ3v) is 4.27. The van der Waals surface area contributed by atoms with Gasteiger partial charge in [-0.2, -0.15) is 0 Å². The quantitative estimate of drug-likeness (QED) is 0.772. The summed E-state index contributed by atoms with van der Waals surface area (Å²) in [5.41, 5.74) is 0. The molecule has 2 fully saturated rings. The molecule has 1 aliphatic heterocycles. The lowest BCUT2D eigenvalue weighted by molar-refractivity contribution is 0.109. The van der Waals surface area contributed by atoms with Crippen LogP contribution in [0.5, 0.6) is 0 Å². The van der Waals surface area contributed by atoms with Crippen molar-refractivity contribution < 1.29 is 0 Å². The third kappa shape index (κ3) is 3.46. The molecule has 0 aromatic carbocycles. The van der Waals surface area contributed by atoms with E-state index >= 15 is 0 Å². The van der Waals surface area contributed by atoms with Crippen LogP contribution < -0.4 is 5.32 Å². The molecule has 94 valence electrons. The topological polar surface area (TPSA) is 15.3 Å². The third-order valence-electron chi connectivity index (χ3n) is 4.27. The fraction of sp³-hybridized carbons (Fsp3) is 1.00. The molecule has 2 nitrogen and oxygen atoms in total. The van der Waals surface area contributed by atoms with Crippen LogP contribution in [0.25, 0.3) is 0 Å². The molecule has 2 unspecified atom stereocenters. The maximum atomic E-state index is 3.79. The molecule has 1 saturated heterocycles. The summed E-state index contributed by atoms with van der Waals surface area (Å²) in [7, 11) is 0. The van der Waals surface area contributed by atoms with E-state index in [9.17, 15) is 0 Å². The summed E-state index contributed by atoms with van der Waals surface area (Å²) >= 11 is 0. The first-order valence-corrected chi connectivity index (χ1v) is 7.16. The first kappa shape index (κ1) is 12.4. The summed E-state index contributed by atoms with van der Waals surface area (Å²) in [5.74, 6) is 1.92. The smallest absolute Gasteiger partial charge is 0.0198 e. The molecule has 1 saturated carbocycles. The highest BCUT2D eigenvalue weighted by Gasteiger charge is 2.29. The number of likely N-dealkylation sites (tertiary alicyclic amines) is 1. The number of hydrogen-bond acceptors (Lipinski definition) is 2. The highest BCUT2D eigenvalue weighted by molar-refractivity contribution is 4.86. The van der Waals surface area contributed by atoms with E-state index in [-0.39, 0.29) is 0 Å². The molecule has 2 atom stereocenters. The first-order valence-electron chi connectivity index (χ1n) is 7.16. The lowest BCUT2D eigenvalue weighted by Gasteiger charge is -2.40. The van der Waals surface area contributed by atoms with Gasteiger partial charge in [0.05, 0.1) is 0 Å². The maximum Gasteiger partial charge on any atom is 0.0198 e. The van der Waals surface area contributed by atoms with Crippen molar-refractivity contribution in [1.29, 1.82) is 0 Å². The molecule has 1 heterocycles. The Hall–Kier alpha value is -0.0800. The highest BCUT2D eigenvalue weighted by atomic mass is 15.2. The van der Waals surface area contributed by atoms with Crippen LogP contribution in [0.15, 0.2) is 0 Å². The number of rotatable bonds is 5. The van der Waals surface area contributed by atoms with Crippen LogP contribution in [0.1, 0.15) is 46.5 Å². The van der Waals surface area contributed by atoms with Gasteiger partial charge < -0.3 is 5.32 Å². The van der Waals surface area contributed by atoms with E-state index in [4.69, 9.17) is 0 Å². The molecule has 2 heteroatoms. The molecule has 0 aromatic heterocycles. The normalized spacial score (nSPS) is 32.2. The molecule has 0 aromatic rings. The van der Waals surface area contributed by atoms with Gasteiger partial charge in [-0.1, -0.05) is 13.3 Å². The van der Waals surface area contributed by atoms with Crippen molar-refractivity contribution in [3.63, 3.8) is 0 Å². The summed E-state index contributed by atoms with van der Waals surface area (Å²) in [4.78, 5) is 2.65. The average Bonchev–Trinajstić information content (AvgIpc) is 3.09. The van der Waals surface area contributed by atoms with Gasteiger partial charge in [-0.25, -0.2) is 0 Å². The van der Waals surface area contributed by atoms with E-state index in [0.717, 1.165) is 17.9 Å². The second kappa shape index (κ2) is 5.50. The molecule has 1 N–H and O–H groups in total. The molecule has 16 heavy (non-hydrogen) atoms. The van der Waals surface area contributed by atoms with Gasteiger partial charge >= 0.3 is 0 Å². The predicted octanol–water partition coefficient (Wildman–Crippen LogP) is 2.49. The number of nitrogens with zero attached hydrogens (tertiary/aromatic N) is 1. The molecule has 1 aliphatic carbocycles. The van der Waals surface area contributed by atoms with Gasteiger partial charge in [-0.15, -0.1) is 0 Å². The Labute approximate surface area is 101 Å². The van der Waals surface area contributed by atoms with Crippen LogP contribution in [0.4, 0.5) is 0 Å². The molecular weight excluding hydrogens is 196 g/mol. The van der Waals surface area contributed by atoms with E-state index in [1.807, 2.05) is 0 Å². The van der Waals surface area contributed by atoms with Crippen molar-refractivity contribution in [3.8, 4) is 0 Å². The van der Waals surface area contributed by atoms with Gasteiger partial charge in [0, 0.05) is 25.2 Å². The van der Waals surface area contributed by atoms with Crippen molar-refractivity contribution in [2.24, 2.45) is 11.8 Å². The Bertz CT molecular complexity index is 211. The first-order chi connectivity index (χ1) is 7.69. The Balaban J connectivity index is 1.80. The molecule has 2 aliphatic rings. The lowest BCUT2D eigenvalue weighted by atomic mass is 9.91. The van der Waals surface area contributed by atoms with Crippen LogP contribution in [-0.4, -0.2) is 36.6 Å². The Morgan fingerprint density at radius 2 is 1.94 bits per heavy atom. The highest BCUT2D eigenvalue weighted by Crippen LogP contribution is 2.28. The monoisotopic (exact) mass is 224 g/mol. The van der Waals surface area contributed by atoms with Crippen molar-refractivity contribution in [3.05, 3.63) is 0 Å². The van der Waals surface area contributed by atoms with E-state index in [0.29, 0.717) is 6.04 Å². The van der Waals surface area contributed by atoms with Crippen LogP contribution in [-0.2, 0) is 0 Å². The second-order valence-electron chi connectivity index (χ2n) is 6.11. The van der Waals surface area contributed by atoms with Crippen LogP contribution in [0, 0.1) is 11.8 Å². The summed E-state index contributed by atoms with van der Waals surface area (Å²) in [5, 5.41) is 3.79. The minimum absolute atomic E-state index is 0.708.